The van der Waals surface area contributed by atoms with Crippen molar-refractivity contribution >= 4 is 23.7 Å². The zero-order valence-electron chi connectivity index (χ0n) is 24.5. The first-order valence-corrected chi connectivity index (χ1v) is 15.8. The molecule has 3 N–H and O–H groups in total. The first-order chi connectivity index (χ1) is 20.7. The molecule has 0 spiro atoms. The number of ether oxygens (including phenoxy) is 7. The van der Waals surface area contributed by atoms with Gasteiger partial charge in [-0.25, -0.2) is 4.79 Å². The van der Waals surface area contributed by atoms with Crippen LogP contribution < -0.4 is 16.0 Å². The lowest BCUT2D eigenvalue weighted by Crippen LogP contribution is -2.36. The molecular weight excluding hydrogens is 572 g/mol. The lowest BCUT2D eigenvalue weighted by Gasteiger charge is -2.16. The Morgan fingerprint density at radius 1 is 0.810 bits per heavy atom. The van der Waals surface area contributed by atoms with Gasteiger partial charge in [0.05, 0.1) is 105 Å². The van der Waals surface area contributed by atoms with Gasteiger partial charge in [0, 0.05) is 35.4 Å². The van der Waals surface area contributed by atoms with Crippen molar-refractivity contribution in [3.63, 3.8) is 0 Å². The molecule has 15 nitrogen and oxygen atoms in total. The molecule has 0 aromatic heterocycles. The van der Waals surface area contributed by atoms with Gasteiger partial charge in [-0.3, -0.25) is 4.79 Å². The molecule has 0 saturated carbocycles. The van der Waals surface area contributed by atoms with Gasteiger partial charge in [-0.1, -0.05) is 11.5 Å². The van der Waals surface area contributed by atoms with E-state index in [4.69, 9.17) is 38.7 Å². The fraction of sp³-hybridized carbons (Fsp3) is 0.923. The maximum absolute atomic E-state index is 12.0. The van der Waals surface area contributed by atoms with Crippen molar-refractivity contribution in [2.75, 3.05) is 111 Å². The molecule has 2 rings (SSSR count). The molecule has 242 valence electrons. The van der Waals surface area contributed by atoms with E-state index in [9.17, 15) is 9.59 Å². The number of thioether (sulfide) groups is 1. The molecule has 0 aromatic carbocycles. The quantitative estimate of drug-likeness (QED) is 0.0362. The topological polar surface area (TPSA) is 184 Å². The van der Waals surface area contributed by atoms with E-state index in [1.165, 1.54) is 0 Å². The van der Waals surface area contributed by atoms with Crippen LogP contribution >= 0.6 is 11.8 Å². The normalized spacial score (nSPS) is 19.2. The van der Waals surface area contributed by atoms with Crippen molar-refractivity contribution in [3.8, 4) is 0 Å². The molecule has 0 aliphatic carbocycles. The molecule has 2 aliphatic rings. The molecular formula is C26H48N6O9S. The van der Waals surface area contributed by atoms with Crippen LogP contribution in [-0.4, -0.2) is 141 Å². The van der Waals surface area contributed by atoms with E-state index in [2.05, 4.69) is 26.0 Å². The van der Waals surface area contributed by atoms with Crippen molar-refractivity contribution in [1.29, 1.82) is 0 Å². The van der Waals surface area contributed by atoms with Gasteiger partial charge in [0.1, 0.15) is 0 Å². The molecule has 2 heterocycles. The summed E-state index contributed by atoms with van der Waals surface area (Å²) in [6.07, 6.45) is 3.34. The van der Waals surface area contributed by atoms with Crippen LogP contribution in [0.25, 0.3) is 10.4 Å². The summed E-state index contributed by atoms with van der Waals surface area (Å²) < 4.78 is 37.8. The summed E-state index contributed by atoms with van der Waals surface area (Å²) in [5, 5.41) is 12.6. The van der Waals surface area contributed by atoms with E-state index in [1.807, 2.05) is 11.8 Å². The third-order valence-corrected chi connectivity index (χ3v) is 7.79. The number of amides is 3. The second kappa shape index (κ2) is 25.6. The average Bonchev–Trinajstić information content (AvgIpc) is 3.54. The molecule has 2 aliphatic heterocycles. The number of urea groups is 1. The standard InChI is InChI=1S/C26H48N6O9S/c27-32-29-6-8-36-10-12-38-14-16-40-18-20-41-19-17-39-15-13-37-11-9-35-7-5-28-24(33)4-2-1-3-23-25-22(21-42-23)30-26(34)31-25/h22-23,25H,1-21H2,(H,28,33)(H2,30,31,34)/t22-,23-,25-/m1/s1. The Labute approximate surface area is 252 Å². The van der Waals surface area contributed by atoms with Crippen LogP contribution in [-0.2, 0) is 38.0 Å². The summed E-state index contributed by atoms with van der Waals surface area (Å²) >= 11 is 1.90. The van der Waals surface area contributed by atoms with Gasteiger partial charge in [0.25, 0.3) is 0 Å². The molecule has 3 atom stereocenters. The van der Waals surface area contributed by atoms with E-state index in [0.29, 0.717) is 117 Å². The molecule has 0 aromatic rings. The lowest BCUT2D eigenvalue weighted by atomic mass is 10.0. The van der Waals surface area contributed by atoms with Crippen LogP contribution in [0.2, 0.25) is 0 Å². The maximum Gasteiger partial charge on any atom is 0.315 e. The highest BCUT2D eigenvalue weighted by molar-refractivity contribution is 8.00. The number of carbonyl (C=O) groups excluding carboxylic acids is 2. The van der Waals surface area contributed by atoms with Gasteiger partial charge in [-0.15, -0.1) is 0 Å². The summed E-state index contributed by atoms with van der Waals surface area (Å²) in [6.45, 7) is 7.37. The minimum absolute atomic E-state index is 0.0424. The Morgan fingerprint density at radius 3 is 1.88 bits per heavy atom. The van der Waals surface area contributed by atoms with Crippen molar-refractivity contribution in [1.82, 2.24) is 16.0 Å². The van der Waals surface area contributed by atoms with Gasteiger partial charge in [0.2, 0.25) is 5.91 Å². The number of hydrogen-bond acceptors (Lipinski definition) is 11. The highest BCUT2D eigenvalue weighted by atomic mass is 32.2. The lowest BCUT2D eigenvalue weighted by molar-refractivity contribution is -0.121. The van der Waals surface area contributed by atoms with Gasteiger partial charge >= 0.3 is 6.03 Å². The highest BCUT2D eigenvalue weighted by Gasteiger charge is 2.42. The van der Waals surface area contributed by atoms with Gasteiger partial charge in [-0.05, 0) is 18.4 Å². The highest BCUT2D eigenvalue weighted by Crippen LogP contribution is 2.33. The summed E-state index contributed by atoms with van der Waals surface area (Å²) in [4.78, 5) is 26.1. The Hall–Kier alpha value is -1.88. The van der Waals surface area contributed by atoms with E-state index in [0.717, 1.165) is 25.0 Å². The Bertz CT molecular complexity index is 766. The third kappa shape index (κ3) is 18.6. The maximum atomic E-state index is 12.0. The monoisotopic (exact) mass is 620 g/mol. The summed E-state index contributed by atoms with van der Waals surface area (Å²) in [7, 11) is 0. The molecule has 0 radical (unpaired) electrons. The van der Waals surface area contributed by atoms with Gasteiger partial charge in [-0.2, -0.15) is 11.8 Å². The zero-order chi connectivity index (χ0) is 29.9. The number of hydrogen-bond donors (Lipinski definition) is 3. The van der Waals surface area contributed by atoms with Crippen molar-refractivity contribution in [2.24, 2.45) is 5.11 Å². The van der Waals surface area contributed by atoms with E-state index < -0.39 is 0 Å². The number of unbranched alkanes of at least 4 members (excludes halogenated alkanes) is 1. The first-order valence-electron chi connectivity index (χ1n) is 14.7. The Balaban J connectivity index is 1.20. The smallest absolute Gasteiger partial charge is 0.315 e. The molecule has 0 bridgehead atoms. The van der Waals surface area contributed by atoms with Crippen LogP contribution in [0.4, 0.5) is 4.79 Å². The van der Waals surface area contributed by atoms with E-state index in [1.54, 1.807) is 0 Å². The molecule has 16 heteroatoms. The number of carbonyl (C=O) groups is 2. The summed E-state index contributed by atoms with van der Waals surface area (Å²) in [5.74, 6) is 1.00. The molecule has 0 unspecified atom stereocenters. The largest absolute Gasteiger partial charge is 0.379 e. The number of rotatable bonds is 29. The van der Waals surface area contributed by atoms with Crippen molar-refractivity contribution in [3.05, 3.63) is 10.4 Å². The minimum atomic E-state index is -0.0609. The summed E-state index contributed by atoms with van der Waals surface area (Å²) in [6, 6.07) is 0.411. The Morgan fingerprint density at radius 2 is 1.33 bits per heavy atom. The van der Waals surface area contributed by atoms with E-state index >= 15 is 0 Å². The van der Waals surface area contributed by atoms with Crippen LogP contribution in [0.5, 0.6) is 0 Å². The number of nitrogens with zero attached hydrogens (tertiary/aromatic N) is 3. The van der Waals surface area contributed by atoms with Crippen LogP contribution in [0, 0.1) is 0 Å². The molecule has 3 amide bonds. The number of nitrogens with one attached hydrogen (secondary N) is 3. The fourth-order valence-electron chi connectivity index (χ4n) is 4.20. The first kappa shape index (κ1) is 36.3. The van der Waals surface area contributed by atoms with E-state index in [-0.39, 0.29) is 24.0 Å². The SMILES string of the molecule is [N-]=[N+]=NCCOCCOCCOCCOCCOCCOCCOCCNC(=O)CCCC[C@H]1SC[C@H]2NC(=O)N[C@H]21. The predicted octanol–water partition coefficient (Wildman–Crippen LogP) is 1.25. The van der Waals surface area contributed by atoms with Crippen molar-refractivity contribution < 1.29 is 42.7 Å². The number of fused-ring (bicyclic) bond motifs is 1. The van der Waals surface area contributed by atoms with Crippen molar-refractivity contribution in [2.45, 2.75) is 43.0 Å². The average molecular weight is 621 g/mol. The molecule has 42 heavy (non-hydrogen) atoms. The molecule has 2 saturated heterocycles. The number of azide groups is 1. The van der Waals surface area contributed by atoms with Crippen LogP contribution in [0.3, 0.4) is 0 Å². The summed E-state index contributed by atoms with van der Waals surface area (Å²) in [5.41, 5.74) is 8.13. The predicted molar refractivity (Wildman–Crippen MR) is 157 cm³/mol. The second-order valence-corrected chi connectivity index (χ2v) is 10.7. The minimum Gasteiger partial charge on any atom is -0.379 e. The van der Waals surface area contributed by atoms with Gasteiger partial charge < -0.3 is 49.1 Å². The third-order valence-electron chi connectivity index (χ3n) is 6.28. The molecule has 2 fully saturated rings. The van der Waals surface area contributed by atoms with Gasteiger partial charge in [0.15, 0.2) is 0 Å². The van der Waals surface area contributed by atoms with Crippen LogP contribution in [0.1, 0.15) is 25.7 Å². The second-order valence-electron chi connectivity index (χ2n) is 9.46. The Kier molecular flexibility index (Phi) is 22.1. The van der Waals surface area contributed by atoms with Crippen LogP contribution in [0.15, 0.2) is 5.11 Å². The fourth-order valence-corrected chi connectivity index (χ4v) is 5.74. The zero-order valence-corrected chi connectivity index (χ0v) is 25.3.